The standard InChI is InChI=1S/C52H36N2/c1-2-13-37(14-3-1)39-27-31-45(32-28-39)53(51-23-10-11-24-52(51)54-49-21-8-6-19-47(49)48-20-7-9-22-50(48)54)46-33-29-40(30-34-46)42-17-12-18-43(35-42)44-26-25-38-15-4-5-16-41(38)36-44/h1-36H. The van der Waals surface area contributed by atoms with E-state index in [9.17, 15) is 0 Å². The van der Waals surface area contributed by atoms with Crippen LogP contribution in [0.3, 0.4) is 0 Å². The molecule has 1 heterocycles. The largest absolute Gasteiger partial charge is 0.308 e. The van der Waals surface area contributed by atoms with Crippen molar-refractivity contribution in [3.63, 3.8) is 0 Å². The van der Waals surface area contributed by atoms with Crippen LogP contribution in [0.15, 0.2) is 218 Å². The molecular formula is C52H36N2. The number of rotatable bonds is 7. The van der Waals surface area contributed by atoms with Gasteiger partial charge in [-0.1, -0.05) is 158 Å². The highest BCUT2D eigenvalue weighted by Crippen LogP contribution is 2.42. The lowest BCUT2D eigenvalue weighted by atomic mass is 9.97. The lowest BCUT2D eigenvalue weighted by Gasteiger charge is -2.28. The van der Waals surface area contributed by atoms with Crippen LogP contribution in [-0.4, -0.2) is 4.57 Å². The second-order valence-corrected chi connectivity index (χ2v) is 13.8. The molecule has 0 unspecified atom stereocenters. The molecule has 0 aliphatic rings. The van der Waals surface area contributed by atoms with Gasteiger partial charge >= 0.3 is 0 Å². The quantitative estimate of drug-likeness (QED) is 0.162. The van der Waals surface area contributed by atoms with Gasteiger partial charge in [-0.2, -0.15) is 0 Å². The second kappa shape index (κ2) is 13.4. The second-order valence-electron chi connectivity index (χ2n) is 13.8. The summed E-state index contributed by atoms with van der Waals surface area (Å²) in [5.41, 5.74) is 14.0. The molecule has 2 heteroatoms. The van der Waals surface area contributed by atoms with Crippen LogP contribution in [0.2, 0.25) is 0 Å². The summed E-state index contributed by atoms with van der Waals surface area (Å²) >= 11 is 0. The van der Waals surface area contributed by atoms with Gasteiger partial charge < -0.3 is 9.47 Å². The fraction of sp³-hybridized carbons (Fsp3) is 0. The third-order valence-corrected chi connectivity index (χ3v) is 10.6. The van der Waals surface area contributed by atoms with Crippen LogP contribution in [0.25, 0.3) is 71.6 Å². The molecule has 10 aromatic rings. The van der Waals surface area contributed by atoms with Gasteiger partial charge in [0.2, 0.25) is 0 Å². The van der Waals surface area contributed by atoms with Gasteiger partial charge in [0.25, 0.3) is 0 Å². The Kier molecular flexibility index (Phi) is 7.85. The number of aromatic nitrogens is 1. The Balaban J connectivity index is 1.10. The maximum Gasteiger partial charge on any atom is 0.0702 e. The molecular weight excluding hydrogens is 653 g/mol. The Morgan fingerprint density at radius 2 is 0.759 bits per heavy atom. The predicted molar refractivity (Wildman–Crippen MR) is 229 cm³/mol. The Labute approximate surface area is 315 Å². The number of hydrogen-bond acceptors (Lipinski definition) is 1. The first-order valence-corrected chi connectivity index (χ1v) is 18.5. The first kappa shape index (κ1) is 31.6. The van der Waals surface area contributed by atoms with E-state index in [1.165, 1.54) is 66.0 Å². The molecule has 0 aliphatic heterocycles. The van der Waals surface area contributed by atoms with E-state index in [0.29, 0.717) is 0 Å². The van der Waals surface area contributed by atoms with Gasteiger partial charge in [0, 0.05) is 22.1 Å². The molecule has 10 rings (SSSR count). The molecule has 0 spiro atoms. The number of hydrogen-bond donors (Lipinski definition) is 0. The van der Waals surface area contributed by atoms with Crippen LogP contribution >= 0.6 is 0 Å². The van der Waals surface area contributed by atoms with Crippen LogP contribution in [-0.2, 0) is 0 Å². The summed E-state index contributed by atoms with van der Waals surface area (Å²) < 4.78 is 2.41. The predicted octanol–water partition coefficient (Wildman–Crippen LogP) is 14.4. The Morgan fingerprint density at radius 3 is 1.44 bits per heavy atom. The van der Waals surface area contributed by atoms with Crippen molar-refractivity contribution < 1.29 is 0 Å². The molecule has 2 nitrogen and oxygen atoms in total. The van der Waals surface area contributed by atoms with Gasteiger partial charge in [-0.3, -0.25) is 0 Å². The van der Waals surface area contributed by atoms with Crippen LogP contribution in [0.4, 0.5) is 17.1 Å². The van der Waals surface area contributed by atoms with Gasteiger partial charge in [0.1, 0.15) is 0 Å². The Bertz CT molecular complexity index is 2870. The van der Waals surface area contributed by atoms with Crippen LogP contribution in [0, 0.1) is 0 Å². The van der Waals surface area contributed by atoms with Gasteiger partial charge in [0.05, 0.1) is 22.4 Å². The monoisotopic (exact) mass is 688 g/mol. The fourth-order valence-corrected chi connectivity index (χ4v) is 7.94. The molecule has 0 saturated carbocycles. The SMILES string of the molecule is c1ccc(-c2ccc(N(c3ccc(-c4cccc(-c5ccc6ccccc6c5)c4)cc3)c3ccccc3-n3c4ccccc4c4ccccc43)cc2)cc1. The summed E-state index contributed by atoms with van der Waals surface area (Å²) in [6, 6.07) is 78.9. The number of para-hydroxylation sites is 4. The summed E-state index contributed by atoms with van der Waals surface area (Å²) in [7, 11) is 0. The van der Waals surface area contributed by atoms with Crippen molar-refractivity contribution in [1.29, 1.82) is 0 Å². The zero-order chi connectivity index (χ0) is 35.8. The van der Waals surface area contributed by atoms with Crippen LogP contribution in [0.5, 0.6) is 0 Å². The minimum absolute atomic E-state index is 1.09. The maximum absolute atomic E-state index is 2.41. The van der Waals surface area contributed by atoms with Crippen molar-refractivity contribution in [2.75, 3.05) is 4.90 Å². The zero-order valence-corrected chi connectivity index (χ0v) is 29.7. The van der Waals surface area contributed by atoms with E-state index in [1.807, 2.05) is 0 Å². The average Bonchev–Trinajstić information content (AvgIpc) is 3.59. The number of fused-ring (bicyclic) bond motifs is 4. The van der Waals surface area contributed by atoms with E-state index < -0.39 is 0 Å². The third-order valence-electron chi connectivity index (χ3n) is 10.6. The van der Waals surface area contributed by atoms with Gasteiger partial charge in [0.15, 0.2) is 0 Å². The van der Waals surface area contributed by atoms with Crippen molar-refractivity contribution >= 4 is 49.6 Å². The van der Waals surface area contributed by atoms with Crippen molar-refractivity contribution in [3.8, 4) is 39.1 Å². The smallest absolute Gasteiger partial charge is 0.0702 e. The van der Waals surface area contributed by atoms with E-state index in [2.05, 4.69) is 228 Å². The van der Waals surface area contributed by atoms with Crippen molar-refractivity contribution in [3.05, 3.63) is 218 Å². The lowest BCUT2D eigenvalue weighted by Crippen LogP contribution is -2.13. The van der Waals surface area contributed by atoms with Gasteiger partial charge in [-0.25, -0.2) is 0 Å². The maximum atomic E-state index is 2.41. The van der Waals surface area contributed by atoms with E-state index in [1.54, 1.807) is 0 Å². The summed E-state index contributed by atoms with van der Waals surface area (Å²) in [6.45, 7) is 0. The lowest BCUT2D eigenvalue weighted by molar-refractivity contribution is 1.15. The summed E-state index contributed by atoms with van der Waals surface area (Å²) in [6.07, 6.45) is 0. The molecule has 54 heavy (non-hydrogen) atoms. The van der Waals surface area contributed by atoms with Crippen LogP contribution in [0.1, 0.15) is 0 Å². The van der Waals surface area contributed by atoms with Crippen molar-refractivity contribution in [2.45, 2.75) is 0 Å². The highest BCUT2D eigenvalue weighted by atomic mass is 15.2. The van der Waals surface area contributed by atoms with Crippen molar-refractivity contribution in [1.82, 2.24) is 4.57 Å². The molecule has 0 amide bonds. The van der Waals surface area contributed by atoms with E-state index in [0.717, 1.165) is 22.7 Å². The summed E-state index contributed by atoms with van der Waals surface area (Å²) in [5, 5.41) is 5.00. The Hall–Kier alpha value is -7.16. The number of anilines is 3. The topological polar surface area (TPSA) is 8.17 Å². The third kappa shape index (κ3) is 5.62. The average molecular weight is 689 g/mol. The molecule has 0 radical (unpaired) electrons. The molecule has 0 N–H and O–H groups in total. The summed E-state index contributed by atoms with van der Waals surface area (Å²) in [4.78, 5) is 2.39. The fourth-order valence-electron chi connectivity index (χ4n) is 7.94. The Morgan fingerprint density at radius 1 is 0.296 bits per heavy atom. The van der Waals surface area contributed by atoms with E-state index in [-0.39, 0.29) is 0 Å². The van der Waals surface area contributed by atoms with E-state index >= 15 is 0 Å². The first-order chi connectivity index (χ1) is 26.8. The molecule has 254 valence electrons. The zero-order valence-electron chi connectivity index (χ0n) is 29.7. The molecule has 0 fully saturated rings. The molecule has 0 aliphatic carbocycles. The highest BCUT2D eigenvalue weighted by molar-refractivity contribution is 6.10. The minimum atomic E-state index is 1.09. The first-order valence-electron chi connectivity index (χ1n) is 18.5. The van der Waals surface area contributed by atoms with Crippen LogP contribution < -0.4 is 4.90 Å². The highest BCUT2D eigenvalue weighted by Gasteiger charge is 2.20. The van der Waals surface area contributed by atoms with Gasteiger partial charge in [-0.05, 0) is 105 Å². The molecule has 0 saturated heterocycles. The number of benzene rings is 9. The molecule has 1 aromatic heterocycles. The summed E-state index contributed by atoms with van der Waals surface area (Å²) in [5.74, 6) is 0. The van der Waals surface area contributed by atoms with Crippen molar-refractivity contribution in [2.24, 2.45) is 0 Å². The molecule has 0 bridgehead atoms. The normalized spacial score (nSPS) is 11.3. The number of nitrogens with zero attached hydrogens (tertiary/aromatic N) is 2. The van der Waals surface area contributed by atoms with E-state index in [4.69, 9.17) is 0 Å². The molecule has 9 aromatic carbocycles. The van der Waals surface area contributed by atoms with Gasteiger partial charge in [-0.15, -0.1) is 0 Å². The minimum Gasteiger partial charge on any atom is -0.308 e. The molecule has 0 atom stereocenters.